The van der Waals surface area contributed by atoms with E-state index in [2.05, 4.69) is 10.1 Å². The Morgan fingerprint density at radius 3 is 2.47 bits per heavy atom. The second-order valence-electron chi connectivity index (χ2n) is 7.23. The van der Waals surface area contributed by atoms with E-state index in [1.165, 1.54) is 10.9 Å². The molecular formula is C25H28N4O5. The van der Waals surface area contributed by atoms with Gasteiger partial charge >= 0.3 is 5.97 Å². The summed E-state index contributed by atoms with van der Waals surface area (Å²) in [5, 5.41) is 4.11. The number of amides is 1. The molecule has 0 saturated heterocycles. The Bertz CT molecular complexity index is 1210. The lowest BCUT2D eigenvalue weighted by atomic mass is 10.1. The van der Waals surface area contributed by atoms with Crippen LogP contribution in [0.15, 0.2) is 58.3 Å². The number of hydrogen-bond donors (Lipinski definition) is 1. The molecule has 0 saturated carbocycles. The summed E-state index contributed by atoms with van der Waals surface area (Å²) < 4.78 is 6.40. The van der Waals surface area contributed by atoms with E-state index >= 15 is 0 Å². The molecule has 0 radical (unpaired) electrons. The molecule has 9 nitrogen and oxygen atoms in total. The van der Waals surface area contributed by atoms with Crippen LogP contribution < -0.4 is 10.6 Å². The number of anilines is 1. The number of aromatic amines is 1. The van der Waals surface area contributed by atoms with E-state index in [0.717, 1.165) is 22.7 Å². The maximum atomic E-state index is 13.3. The van der Waals surface area contributed by atoms with Crippen LogP contribution in [0.3, 0.4) is 0 Å². The summed E-state index contributed by atoms with van der Waals surface area (Å²) in [6.07, 6.45) is 2.75. The summed E-state index contributed by atoms with van der Waals surface area (Å²) in [5.41, 5.74) is 3.15. The second-order valence-corrected chi connectivity index (χ2v) is 7.23. The predicted octanol–water partition coefficient (Wildman–Crippen LogP) is 3.50. The zero-order valence-electron chi connectivity index (χ0n) is 19.5. The molecule has 0 fully saturated rings. The molecule has 3 aromatic rings. The van der Waals surface area contributed by atoms with E-state index in [9.17, 15) is 14.4 Å². The Kier molecular flexibility index (Phi) is 8.53. The highest BCUT2D eigenvalue weighted by Crippen LogP contribution is 2.20. The normalized spacial score (nSPS) is 11.0. The maximum Gasteiger partial charge on any atom is 0.311 e. The number of nitrogens with one attached hydrogen (secondary N) is 1. The number of rotatable bonds is 11. The van der Waals surface area contributed by atoms with Crippen molar-refractivity contribution in [1.82, 2.24) is 9.78 Å². The van der Waals surface area contributed by atoms with Crippen molar-refractivity contribution in [2.45, 2.75) is 33.6 Å². The topological polar surface area (TPSA) is 106 Å². The van der Waals surface area contributed by atoms with Crippen LogP contribution in [0, 0.1) is 0 Å². The summed E-state index contributed by atoms with van der Waals surface area (Å²) in [6.45, 7) is 6.10. The van der Waals surface area contributed by atoms with Gasteiger partial charge in [-0.05, 0) is 56.2 Å². The molecule has 178 valence electrons. The van der Waals surface area contributed by atoms with Crippen molar-refractivity contribution in [2.24, 2.45) is 4.99 Å². The molecule has 1 amide bonds. The highest BCUT2D eigenvalue weighted by Gasteiger charge is 2.18. The number of carbonyl (C=O) groups is 2. The molecule has 3 rings (SSSR count). The second kappa shape index (κ2) is 11.8. The van der Waals surface area contributed by atoms with Crippen LogP contribution in [0.4, 0.5) is 11.4 Å². The van der Waals surface area contributed by atoms with Gasteiger partial charge in [-0.2, -0.15) is 5.06 Å². The summed E-state index contributed by atoms with van der Waals surface area (Å²) in [6, 6.07) is 14.3. The van der Waals surface area contributed by atoms with Gasteiger partial charge < -0.3 is 4.74 Å². The van der Waals surface area contributed by atoms with Gasteiger partial charge in [-0.15, -0.1) is 0 Å². The number of aromatic nitrogens is 2. The molecular weight excluding hydrogens is 436 g/mol. The maximum absolute atomic E-state index is 13.3. The largest absolute Gasteiger partial charge is 0.466 e. The van der Waals surface area contributed by atoms with Gasteiger partial charge in [-0.3, -0.25) is 29.3 Å². The van der Waals surface area contributed by atoms with Gasteiger partial charge in [0.2, 0.25) is 6.41 Å². The molecule has 1 aromatic heterocycles. The van der Waals surface area contributed by atoms with Crippen LogP contribution in [0.2, 0.25) is 0 Å². The number of esters is 1. The van der Waals surface area contributed by atoms with E-state index in [1.807, 2.05) is 31.2 Å². The van der Waals surface area contributed by atoms with Gasteiger partial charge in [-0.1, -0.05) is 25.1 Å². The van der Waals surface area contributed by atoms with Crippen molar-refractivity contribution in [3.63, 3.8) is 0 Å². The molecule has 0 spiro atoms. The zero-order valence-corrected chi connectivity index (χ0v) is 19.5. The third-order valence-corrected chi connectivity index (χ3v) is 5.06. The molecule has 34 heavy (non-hydrogen) atoms. The average molecular weight is 465 g/mol. The van der Waals surface area contributed by atoms with Crippen LogP contribution in [0.1, 0.15) is 37.6 Å². The predicted molar refractivity (Wildman–Crippen MR) is 130 cm³/mol. The van der Waals surface area contributed by atoms with E-state index in [-0.39, 0.29) is 24.2 Å². The van der Waals surface area contributed by atoms with Crippen molar-refractivity contribution in [2.75, 3.05) is 18.3 Å². The van der Waals surface area contributed by atoms with Crippen molar-refractivity contribution >= 4 is 30.0 Å². The summed E-state index contributed by atoms with van der Waals surface area (Å²) in [7, 11) is 0. The first-order valence-corrected chi connectivity index (χ1v) is 11.1. The van der Waals surface area contributed by atoms with E-state index < -0.39 is 5.97 Å². The first-order chi connectivity index (χ1) is 16.5. The number of benzene rings is 2. The van der Waals surface area contributed by atoms with Crippen molar-refractivity contribution in [1.29, 1.82) is 0 Å². The van der Waals surface area contributed by atoms with Crippen molar-refractivity contribution in [3.05, 3.63) is 75.7 Å². The zero-order chi connectivity index (χ0) is 24.5. The van der Waals surface area contributed by atoms with Crippen molar-refractivity contribution in [3.8, 4) is 5.69 Å². The van der Waals surface area contributed by atoms with E-state index in [4.69, 9.17) is 9.57 Å². The lowest BCUT2D eigenvalue weighted by molar-refractivity contribution is -0.142. The van der Waals surface area contributed by atoms with Gasteiger partial charge in [0.15, 0.2) is 0 Å². The number of hydroxylamine groups is 1. The van der Waals surface area contributed by atoms with Crippen molar-refractivity contribution < 1.29 is 19.2 Å². The fourth-order valence-electron chi connectivity index (χ4n) is 3.42. The third-order valence-electron chi connectivity index (χ3n) is 5.06. The summed E-state index contributed by atoms with van der Waals surface area (Å²) in [5.74, 6) is -0.451. The summed E-state index contributed by atoms with van der Waals surface area (Å²) in [4.78, 5) is 46.4. The molecule has 0 aliphatic carbocycles. The Morgan fingerprint density at radius 1 is 1.09 bits per heavy atom. The fourth-order valence-corrected chi connectivity index (χ4v) is 3.42. The lowest BCUT2D eigenvalue weighted by Crippen LogP contribution is -2.21. The first kappa shape index (κ1) is 24.7. The van der Waals surface area contributed by atoms with Gasteiger partial charge in [0, 0.05) is 6.21 Å². The van der Waals surface area contributed by atoms with Crippen LogP contribution in [-0.2, 0) is 32.0 Å². The lowest BCUT2D eigenvalue weighted by Gasteiger charge is -2.15. The number of aryl methyl sites for hydroxylation is 1. The average Bonchev–Trinajstić information content (AvgIpc) is 3.16. The quantitative estimate of drug-likeness (QED) is 0.202. The number of H-pyrrole nitrogens is 1. The number of nitrogens with zero attached hydrogens (tertiary/aromatic N) is 3. The van der Waals surface area contributed by atoms with E-state index in [1.54, 1.807) is 38.1 Å². The van der Waals surface area contributed by atoms with E-state index in [0.29, 0.717) is 30.1 Å². The van der Waals surface area contributed by atoms with Gasteiger partial charge in [0.1, 0.15) is 0 Å². The Balaban J connectivity index is 2.01. The molecule has 0 unspecified atom stereocenters. The monoisotopic (exact) mass is 464 g/mol. The number of carbonyl (C=O) groups excluding carboxylic acids is 2. The minimum atomic E-state index is -0.451. The smallest absolute Gasteiger partial charge is 0.311 e. The SMILES string of the molecule is CCOC(=O)Cc1[nH]n(-c2ccc(N(C=O)OCC)cc2)c(=O)c1C=Nc1ccccc1CC. The number of ether oxygens (including phenoxy) is 1. The number of hydrogen-bond acceptors (Lipinski definition) is 6. The molecule has 2 aromatic carbocycles. The Morgan fingerprint density at radius 2 is 1.82 bits per heavy atom. The van der Waals surface area contributed by atoms with Crippen LogP contribution in [0.25, 0.3) is 5.69 Å². The highest BCUT2D eigenvalue weighted by atomic mass is 16.7. The fraction of sp³-hybridized carbons (Fsp3) is 0.280. The molecule has 0 atom stereocenters. The number of para-hydroxylation sites is 1. The Labute approximate surface area is 197 Å². The number of aliphatic imine (C=N–C) groups is 1. The molecule has 1 heterocycles. The first-order valence-electron chi connectivity index (χ1n) is 11.1. The standard InChI is InChI=1S/C25H28N4O5/c1-4-18-9-7-8-10-22(18)26-16-21-23(15-24(31)33-5-2)27-29(25(21)32)20-13-11-19(12-14-20)28(17-30)34-6-3/h7-14,16-17,27H,4-6,15H2,1-3H3. The third kappa shape index (κ3) is 5.68. The molecule has 0 aliphatic heterocycles. The summed E-state index contributed by atoms with van der Waals surface area (Å²) >= 11 is 0. The molecule has 0 aliphatic rings. The van der Waals surface area contributed by atoms with Gasteiger partial charge in [0.05, 0.1) is 48.0 Å². The van der Waals surface area contributed by atoms with Crippen LogP contribution in [-0.4, -0.2) is 41.6 Å². The van der Waals surface area contributed by atoms with Crippen LogP contribution in [0.5, 0.6) is 0 Å². The molecule has 0 bridgehead atoms. The van der Waals surface area contributed by atoms with Gasteiger partial charge in [0.25, 0.3) is 5.56 Å². The highest BCUT2D eigenvalue weighted by molar-refractivity contribution is 5.86. The molecule has 9 heteroatoms. The Hall–Kier alpha value is -3.98. The minimum absolute atomic E-state index is 0.103. The van der Waals surface area contributed by atoms with Crippen LogP contribution >= 0.6 is 0 Å². The van der Waals surface area contributed by atoms with Gasteiger partial charge in [-0.25, -0.2) is 4.68 Å². The minimum Gasteiger partial charge on any atom is -0.466 e. The molecule has 1 N–H and O–H groups in total.